The van der Waals surface area contributed by atoms with E-state index in [1.54, 1.807) is 25.1 Å². The second-order valence-corrected chi connectivity index (χ2v) is 5.93. The van der Waals surface area contributed by atoms with Gasteiger partial charge in [0.1, 0.15) is 5.75 Å². The Morgan fingerprint density at radius 1 is 1.29 bits per heavy atom. The molecule has 0 aliphatic carbocycles. The average Bonchev–Trinajstić information content (AvgIpc) is 2.48. The number of rotatable bonds is 1. The predicted molar refractivity (Wildman–Crippen MR) is 79.5 cm³/mol. The molecule has 112 valence electrons. The number of ether oxygens (including phenoxy) is 1. The van der Waals surface area contributed by atoms with E-state index >= 15 is 0 Å². The Morgan fingerprint density at radius 2 is 2.00 bits per heavy atom. The van der Waals surface area contributed by atoms with Crippen molar-refractivity contribution >= 4 is 17.5 Å². The summed E-state index contributed by atoms with van der Waals surface area (Å²) >= 11 is 0. The van der Waals surface area contributed by atoms with Crippen molar-refractivity contribution < 1.29 is 14.3 Å². The van der Waals surface area contributed by atoms with Crippen molar-refractivity contribution in [2.24, 2.45) is 5.92 Å². The number of fused-ring (bicyclic) bond motifs is 1. The lowest BCUT2D eigenvalue weighted by Crippen LogP contribution is -2.38. The van der Waals surface area contributed by atoms with Crippen LogP contribution in [0.25, 0.3) is 0 Å². The fraction of sp³-hybridized carbons (Fsp3) is 0.500. The number of hydrogen-bond donors (Lipinski definition) is 1. The maximum atomic E-state index is 12.5. The third kappa shape index (κ3) is 2.73. The van der Waals surface area contributed by atoms with Gasteiger partial charge in [0.05, 0.1) is 5.69 Å². The second-order valence-electron chi connectivity index (χ2n) is 5.93. The summed E-state index contributed by atoms with van der Waals surface area (Å²) < 4.78 is 5.56. The van der Waals surface area contributed by atoms with E-state index in [0.717, 1.165) is 25.9 Å². The summed E-state index contributed by atoms with van der Waals surface area (Å²) in [5, 5.41) is 2.77. The number of amides is 2. The van der Waals surface area contributed by atoms with Gasteiger partial charge in [0.15, 0.2) is 6.10 Å². The molecule has 2 aliphatic heterocycles. The fourth-order valence-corrected chi connectivity index (χ4v) is 2.73. The Morgan fingerprint density at radius 3 is 2.71 bits per heavy atom. The summed E-state index contributed by atoms with van der Waals surface area (Å²) in [4.78, 5) is 26.0. The summed E-state index contributed by atoms with van der Waals surface area (Å²) in [6.45, 7) is 5.54. The normalized spacial score (nSPS) is 22.3. The van der Waals surface area contributed by atoms with Crippen LogP contribution in [0.3, 0.4) is 0 Å². The standard InChI is InChI=1S/C16H20N2O3/c1-10-5-7-18(8-6-10)16(20)12-3-4-13-14(9-12)21-11(2)15(19)17-13/h3-4,9-11H,5-8H2,1-2H3,(H,17,19). The molecule has 2 aliphatic rings. The van der Waals surface area contributed by atoms with Crippen molar-refractivity contribution in [1.82, 2.24) is 4.90 Å². The van der Waals surface area contributed by atoms with E-state index in [0.29, 0.717) is 22.9 Å². The number of benzene rings is 1. The number of carbonyl (C=O) groups is 2. The van der Waals surface area contributed by atoms with Gasteiger partial charge in [-0.25, -0.2) is 0 Å². The van der Waals surface area contributed by atoms with Crippen LogP contribution in [0, 0.1) is 5.92 Å². The molecule has 5 nitrogen and oxygen atoms in total. The summed E-state index contributed by atoms with van der Waals surface area (Å²) in [6, 6.07) is 5.21. The molecule has 1 aromatic carbocycles. The minimum atomic E-state index is -0.529. The lowest BCUT2D eigenvalue weighted by atomic mass is 9.98. The highest BCUT2D eigenvalue weighted by atomic mass is 16.5. The highest BCUT2D eigenvalue weighted by Crippen LogP contribution is 2.31. The molecule has 1 saturated heterocycles. The summed E-state index contributed by atoms with van der Waals surface area (Å²) in [6.07, 6.45) is 1.58. The third-order valence-corrected chi connectivity index (χ3v) is 4.23. The first-order chi connectivity index (χ1) is 10.0. The smallest absolute Gasteiger partial charge is 0.265 e. The monoisotopic (exact) mass is 288 g/mol. The van der Waals surface area contributed by atoms with Crippen LogP contribution in [-0.4, -0.2) is 35.9 Å². The molecule has 0 bridgehead atoms. The predicted octanol–water partition coefficient (Wildman–Crippen LogP) is 2.28. The Balaban J connectivity index is 1.79. The highest BCUT2D eigenvalue weighted by Gasteiger charge is 2.26. The molecule has 1 N–H and O–H groups in total. The number of piperidine rings is 1. The van der Waals surface area contributed by atoms with E-state index in [1.165, 1.54) is 0 Å². The third-order valence-electron chi connectivity index (χ3n) is 4.23. The largest absolute Gasteiger partial charge is 0.479 e. The quantitative estimate of drug-likeness (QED) is 0.862. The van der Waals surface area contributed by atoms with Gasteiger partial charge in [-0.3, -0.25) is 9.59 Å². The molecule has 1 atom stereocenters. The van der Waals surface area contributed by atoms with Crippen LogP contribution in [0.2, 0.25) is 0 Å². The zero-order valence-electron chi connectivity index (χ0n) is 12.4. The maximum Gasteiger partial charge on any atom is 0.265 e. The number of nitrogens with zero attached hydrogens (tertiary/aromatic N) is 1. The summed E-state index contributed by atoms with van der Waals surface area (Å²) in [5.74, 6) is 1.14. The minimum absolute atomic E-state index is 0.0397. The Labute approximate surface area is 124 Å². The Kier molecular flexibility index (Phi) is 3.57. The van der Waals surface area contributed by atoms with E-state index in [4.69, 9.17) is 4.74 Å². The zero-order valence-corrected chi connectivity index (χ0v) is 12.4. The van der Waals surface area contributed by atoms with Gasteiger partial charge in [0, 0.05) is 18.7 Å². The molecular formula is C16H20N2O3. The molecule has 21 heavy (non-hydrogen) atoms. The van der Waals surface area contributed by atoms with Gasteiger partial charge in [-0.05, 0) is 43.9 Å². The molecule has 0 radical (unpaired) electrons. The molecule has 1 unspecified atom stereocenters. The van der Waals surface area contributed by atoms with Crippen molar-refractivity contribution in [3.8, 4) is 5.75 Å². The molecule has 2 amide bonds. The average molecular weight is 288 g/mol. The molecule has 1 aromatic rings. The topological polar surface area (TPSA) is 58.6 Å². The molecule has 0 saturated carbocycles. The van der Waals surface area contributed by atoms with Crippen LogP contribution in [0.1, 0.15) is 37.0 Å². The molecule has 0 aromatic heterocycles. The number of anilines is 1. The Bertz CT molecular complexity index is 577. The molecule has 0 spiro atoms. The van der Waals surface area contributed by atoms with Crippen molar-refractivity contribution in [2.75, 3.05) is 18.4 Å². The van der Waals surface area contributed by atoms with Crippen LogP contribution in [0.4, 0.5) is 5.69 Å². The van der Waals surface area contributed by atoms with E-state index in [-0.39, 0.29) is 11.8 Å². The zero-order chi connectivity index (χ0) is 15.0. The van der Waals surface area contributed by atoms with Gasteiger partial charge in [-0.2, -0.15) is 0 Å². The van der Waals surface area contributed by atoms with Crippen LogP contribution < -0.4 is 10.1 Å². The van der Waals surface area contributed by atoms with Crippen molar-refractivity contribution in [1.29, 1.82) is 0 Å². The maximum absolute atomic E-state index is 12.5. The summed E-state index contributed by atoms with van der Waals surface area (Å²) in [7, 11) is 0. The van der Waals surface area contributed by atoms with E-state index in [9.17, 15) is 9.59 Å². The fourth-order valence-electron chi connectivity index (χ4n) is 2.73. The molecule has 2 heterocycles. The lowest BCUT2D eigenvalue weighted by Gasteiger charge is -2.31. The van der Waals surface area contributed by atoms with E-state index in [2.05, 4.69) is 12.2 Å². The van der Waals surface area contributed by atoms with Crippen LogP contribution >= 0.6 is 0 Å². The molecular weight excluding hydrogens is 268 g/mol. The van der Waals surface area contributed by atoms with Gasteiger partial charge in [-0.1, -0.05) is 6.92 Å². The second kappa shape index (κ2) is 5.39. The van der Waals surface area contributed by atoms with Crippen LogP contribution in [-0.2, 0) is 4.79 Å². The number of likely N-dealkylation sites (tertiary alicyclic amines) is 1. The van der Waals surface area contributed by atoms with Crippen molar-refractivity contribution in [2.45, 2.75) is 32.8 Å². The first-order valence-corrected chi connectivity index (χ1v) is 7.45. The number of carbonyl (C=O) groups excluding carboxylic acids is 2. The van der Waals surface area contributed by atoms with Gasteiger partial charge in [0.25, 0.3) is 11.8 Å². The van der Waals surface area contributed by atoms with Crippen LogP contribution in [0.15, 0.2) is 18.2 Å². The number of hydrogen-bond acceptors (Lipinski definition) is 3. The molecule has 5 heteroatoms. The Hall–Kier alpha value is -2.04. The SMILES string of the molecule is CC1CCN(C(=O)c2ccc3c(c2)OC(C)C(=O)N3)CC1. The number of nitrogens with one attached hydrogen (secondary N) is 1. The molecule has 3 rings (SSSR count). The van der Waals surface area contributed by atoms with Crippen molar-refractivity contribution in [3.63, 3.8) is 0 Å². The van der Waals surface area contributed by atoms with E-state index in [1.807, 2.05) is 4.90 Å². The van der Waals surface area contributed by atoms with Crippen LogP contribution in [0.5, 0.6) is 5.75 Å². The highest BCUT2D eigenvalue weighted by molar-refractivity contribution is 6.00. The van der Waals surface area contributed by atoms with E-state index < -0.39 is 6.10 Å². The lowest BCUT2D eigenvalue weighted by molar-refractivity contribution is -0.122. The molecule has 1 fully saturated rings. The minimum Gasteiger partial charge on any atom is -0.479 e. The van der Waals surface area contributed by atoms with Gasteiger partial charge >= 0.3 is 0 Å². The first-order valence-electron chi connectivity index (χ1n) is 7.45. The van der Waals surface area contributed by atoms with Gasteiger partial charge in [0.2, 0.25) is 0 Å². The summed E-state index contributed by atoms with van der Waals surface area (Å²) in [5.41, 5.74) is 1.24. The van der Waals surface area contributed by atoms with Gasteiger partial charge in [-0.15, -0.1) is 0 Å². The first kappa shape index (κ1) is 13.9. The van der Waals surface area contributed by atoms with Gasteiger partial charge < -0.3 is 15.0 Å². The van der Waals surface area contributed by atoms with Crippen molar-refractivity contribution in [3.05, 3.63) is 23.8 Å².